The fraction of sp³-hybridized carbons (Fsp3) is 0. The summed E-state index contributed by atoms with van der Waals surface area (Å²) in [7, 11) is 0. The number of carbonyl (C=O) groups is 3. The van der Waals surface area contributed by atoms with Gasteiger partial charge in [0.15, 0.2) is 0 Å². The monoisotopic (exact) mass is 223 g/mol. The summed E-state index contributed by atoms with van der Waals surface area (Å²) in [5, 5.41) is 19.4. The summed E-state index contributed by atoms with van der Waals surface area (Å²) in [6.45, 7) is 0. The van der Waals surface area contributed by atoms with E-state index >= 15 is 0 Å². The first kappa shape index (κ1) is 11.5. The zero-order valence-corrected chi connectivity index (χ0v) is 7.71. The lowest BCUT2D eigenvalue weighted by Crippen LogP contribution is -2.13. The summed E-state index contributed by atoms with van der Waals surface area (Å²) in [6, 6.07) is 2.80. The first-order valence-electron chi connectivity index (χ1n) is 3.95. The molecule has 0 heterocycles. The second-order valence-corrected chi connectivity index (χ2v) is 2.76. The molecule has 0 saturated carbocycles. The lowest BCUT2D eigenvalue weighted by molar-refractivity contribution is -0.131. The predicted molar refractivity (Wildman–Crippen MR) is 50.8 cm³/mol. The molecule has 0 spiro atoms. The number of carbonyl (C=O) groups excluding carboxylic acids is 1. The smallest absolute Gasteiger partial charge is 0.377 e. The maximum absolute atomic E-state index is 11.1. The number of Topliss-reactive ketones (excluding diaryl/α,β-unsaturated/α-hetero) is 1. The van der Waals surface area contributed by atoms with Gasteiger partial charge < -0.3 is 10.2 Å². The van der Waals surface area contributed by atoms with Crippen molar-refractivity contribution >= 4 is 23.4 Å². The van der Waals surface area contributed by atoms with Gasteiger partial charge in [0.2, 0.25) is 0 Å². The molecule has 0 aliphatic rings. The zero-order chi connectivity index (χ0) is 12.3. The van der Waals surface area contributed by atoms with Crippen molar-refractivity contribution in [1.82, 2.24) is 0 Å². The fourth-order valence-corrected chi connectivity index (χ4v) is 1.05. The highest BCUT2D eigenvalue weighted by atomic mass is 16.4. The van der Waals surface area contributed by atoms with Crippen LogP contribution in [0.15, 0.2) is 23.4 Å². The predicted octanol–water partition coefficient (Wildman–Crippen LogP) is 1.05. The van der Waals surface area contributed by atoms with Gasteiger partial charge in [-0.1, -0.05) is 0 Å². The topological polar surface area (TPSA) is 121 Å². The van der Waals surface area contributed by atoms with Gasteiger partial charge >= 0.3 is 11.9 Å². The second kappa shape index (κ2) is 4.30. The van der Waals surface area contributed by atoms with Gasteiger partial charge in [-0.25, -0.2) is 9.59 Å². The van der Waals surface area contributed by atoms with E-state index in [4.69, 9.17) is 10.2 Å². The van der Waals surface area contributed by atoms with Crippen LogP contribution in [0, 0.1) is 4.91 Å². The molecule has 1 rings (SSSR count). The average molecular weight is 223 g/mol. The van der Waals surface area contributed by atoms with Gasteiger partial charge in [-0.05, 0) is 23.4 Å². The molecule has 0 bridgehead atoms. The molecule has 16 heavy (non-hydrogen) atoms. The molecule has 0 saturated heterocycles. The van der Waals surface area contributed by atoms with Crippen LogP contribution >= 0.6 is 0 Å². The molecule has 0 aromatic heterocycles. The molecule has 7 nitrogen and oxygen atoms in total. The van der Waals surface area contributed by atoms with Crippen LogP contribution in [0.1, 0.15) is 20.7 Å². The number of rotatable bonds is 4. The average Bonchev–Trinajstić information content (AvgIpc) is 2.26. The van der Waals surface area contributed by atoms with E-state index in [1.165, 1.54) is 0 Å². The standard InChI is InChI=1S/C9H5NO6/c11-7(9(14)15)5-2-1-4(8(12)13)3-6(5)10-16/h1-3H,(H,12,13)(H,14,15). The molecule has 0 unspecified atom stereocenters. The van der Waals surface area contributed by atoms with Crippen molar-refractivity contribution in [2.45, 2.75) is 0 Å². The molecule has 2 N–H and O–H groups in total. The number of ketones is 1. The first-order valence-corrected chi connectivity index (χ1v) is 3.95. The molecule has 0 fully saturated rings. The number of benzene rings is 1. The van der Waals surface area contributed by atoms with Crippen molar-refractivity contribution in [3.63, 3.8) is 0 Å². The van der Waals surface area contributed by atoms with Crippen LogP contribution < -0.4 is 0 Å². The summed E-state index contributed by atoms with van der Waals surface area (Å²) in [5.41, 5.74) is -1.20. The second-order valence-electron chi connectivity index (χ2n) is 2.76. The largest absolute Gasteiger partial charge is 0.478 e. The van der Waals surface area contributed by atoms with E-state index in [9.17, 15) is 19.3 Å². The minimum absolute atomic E-state index is 0.253. The van der Waals surface area contributed by atoms with E-state index in [1.807, 2.05) is 0 Å². The third-order valence-electron chi connectivity index (χ3n) is 1.78. The minimum Gasteiger partial charge on any atom is -0.478 e. The number of hydrogen-bond acceptors (Lipinski definition) is 5. The van der Waals surface area contributed by atoms with Gasteiger partial charge in [0.1, 0.15) is 5.69 Å². The number of carboxylic acids is 2. The Morgan fingerprint density at radius 3 is 2.19 bits per heavy atom. The molecule has 0 amide bonds. The lowest BCUT2D eigenvalue weighted by atomic mass is 10.1. The Labute approximate surface area is 88.3 Å². The number of nitroso groups, excluding NO2 is 1. The number of nitrogens with zero attached hydrogens (tertiary/aromatic N) is 1. The van der Waals surface area contributed by atoms with E-state index in [0.29, 0.717) is 0 Å². The third-order valence-corrected chi connectivity index (χ3v) is 1.78. The van der Waals surface area contributed by atoms with Gasteiger partial charge in [0.25, 0.3) is 5.78 Å². The normalized spacial score (nSPS) is 9.50. The summed E-state index contributed by atoms with van der Waals surface area (Å²) in [5.74, 6) is -4.36. The number of carboxylic acid groups (broad SMARTS) is 2. The van der Waals surface area contributed by atoms with Crippen LogP contribution in [-0.2, 0) is 4.79 Å². The molecule has 0 atom stereocenters. The van der Waals surface area contributed by atoms with Gasteiger partial charge in [0, 0.05) is 0 Å². The maximum Gasteiger partial charge on any atom is 0.377 e. The summed E-state index contributed by atoms with van der Waals surface area (Å²) in [6.07, 6.45) is 0. The Morgan fingerprint density at radius 2 is 1.75 bits per heavy atom. The van der Waals surface area contributed by atoms with Crippen molar-refractivity contribution in [2.24, 2.45) is 5.18 Å². The van der Waals surface area contributed by atoms with E-state index in [-0.39, 0.29) is 5.56 Å². The molecule has 82 valence electrons. The Bertz CT molecular complexity index is 493. The third kappa shape index (κ3) is 2.08. The van der Waals surface area contributed by atoms with Crippen LogP contribution in [0.5, 0.6) is 0 Å². The van der Waals surface area contributed by atoms with Gasteiger partial charge in [-0.2, -0.15) is 0 Å². The van der Waals surface area contributed by atoms with Gasteiger partial charge in [-0.3, -0.25) is 4.79 Å². The Morgan fingerprint density at radius 1 is 1.12 bits per heavy atom. The molecule has 1 aromatic rings. The fourth-order valence-electron chi connectivity index (χ4n) is 1.05. The quantitative estimate of drug-likeness (QED) is 0.447. The summed E-state index contributed by atoms with van der Waals surface area (Å²) in [4.78, 5) is 42.3. The van der Waals surface area contributed by atoms with Crippen LogP contribution in [0.4, 0.5) is 5.69 Å². The molecule has 1 aromatic carbocycles. The molecule has 7 heteroatoms. The van der Waals surface area contributed by atoms with Crippen molar-refractivity contribution < 1.29 is 24.6 Å². The SMILES string of the molecule is O=Nc1cc(C(=O)O)ccc1C(=O)C(=O)O. The summed E-state index contributed by atoms with van der Waals surface area (Å²) >= 11 is 0. The van der Waals surface area contributed by atoms with E-state index in [0.717, 1.165) is 18.2 Å². The van der Waals surface area contributed by atoms with Crippen LogP contribution in [0.3, 0.4) is 0 Å². The van der Waals surface area contributed by atoms with Crippen molar-refractivity contribution in [3.8, 4) is 0 Å². The zero-order valence-electron chi connectivity index (χ0n) is 7.71. The molecule has 0 aliphatic heterocycles. The molecular weight excluding hydrogens is 218 g/mol. The van der Waals surface area contributed by atoms with Gasteiger partial charge in [-0.15, -0.1) is 4.91 Å². The summed E-state index contributed by atoms with van der Waals surface area (Å²) < 4.78 is 0. The molecule has 0 radical (unpaired) electrons. The van der Waals surface area contributed by atoms with Gasteiger partial charge in [0.05, 0.1) is 11.1 Å². The first-order chi connectivity index (χ1) is 7.47. The van der Waals surface area contributed by atoms with Crippen LogP contribution in [0.2, 0.25) is 0 Å². The maximum atomic E-state index is 11.1. The highest BCUT2D eigenvalue weighted by molar-refractivity contribution is 6.41. The Hall–Kier alpha value is -2.57. The van der Waals surface area contributed by atoms with Crippen LogP contribution in [-0.4, -0.2) is 27.9 Å². The van der Waals surface area contributed by atoms with Crippen molar-refractivity contribution in [3.05, 3.63) is 34.2 Å². The van der Waals surface area contributed by atoms with E-state index < -0.39 is 29.0 Å². The highest BCUT2D eigenvalue weighted by Crippen LogP contribution is 2.21. The minimum atomic E-state index is -1.74. The Kier molecular flexibility index (Phi) is 3.09. The highest BCUT2D eigenvalue weighted by Gasteiger charge is 2.20. The van der Waals surface area contributed by atoms with Crippen LogP contribution in [0.25, 0.3) is 0 Å². The van der Waals surface area contributed by atoms with Crippen molar-refractivity contribution in [2.75, 3.05) is 0 Å². The number of aromatic carboxylic acids is 1. The van der Waals surface area contributed by atoms with E-state index in [2.05, 4.69) is 5.18 Å². The molecule has 0 aliphatic carbocycles. The van der Waals surface area contributed by atoms with Crippen molar-refractivity contribution in [1.29, 1.82) is 0 Å². The lowest BCUT2D eigenvalue weighted by Gasteiger charge is -2.00. The number of aliphatic carboxylic acids is 1. The Balaban J connectivity index is 3.32. The number of hydrogen-bond donors (Lipinski definition) is 2. The van der Waals surface area contributed by atoms with E-state index in [1.54, 1.807) is 0 Å². The molecular formula is C9H5NO6.